The summed E-state index contributed by atoms with van der Waals surface area (Å²) in [5.74, 6) is -0.834. The van der Waals surface area contributed by atoms with Crippen molar-refractivity contribution in [2.75, 3.05) is 6.54 Å². The van der Waals surface area contributed by atoms with E-state index in [-0.39, 0.29) is 24.8 Å². The predicted octanol–water partition coefficient (Wildman–Crippen LogP) is 2.66. The SMILES string of the molecule is Cc1ncsc1-c1ccc([C@]2(C)N=C([C@@H]3C[C@@H](O)CN3C(=O)[C@@H](NC(=O)C3(C#N)CC3)C(C)(C)C)NC2=O)cc1. The molecule has 2 fully saturated rings. The summed E-state index contributed by atoms with van der Waals surface area (Å²) < 4.78 is 0. The number of aryl methyl sites for hydroxylation is 1. The number of aromatic nitrogens is 1. The van der Waals surface area contributed by atoms with Gasteiger partial charge in [0, 0.05) is 13.0 Å². The van der Waals surface area contributed by atoms with Crippen LogP contribution in [0.5, 0.6) is 0 Å². The zero-order chi connectivity index (χ0) is 29.0. The van der Waals surface area contributed by atoms with Gasteiger partial charge < -0.3 is 20.6 Å². The molecule has 3 N–H and O–H groups in total. The maximum Gasteiger partial charge on any atom is 0.257 e. The summed E-state index contributed by atoms with van der Waals surface area (Å²) in [4.78, 5) is 51.8. The number of carbonyl (C=O) groups excluding carboxylic acids is 3. The molecule has 11 heteroatoms. The van der Waals surface area contributed by atoms with Gasteiger partial charge in [0.25, 0.3) is 5.91 Å². The average Bonchev–Trinajstić information content (AvgIpc) is 3.28. The maximum atomic E-state index is 13.9. The Kier molecular flexibility index (Phi) is 6.83. The summed E-state index contributed by atoms with van der Waals surface area (Å²) in [6.45, 7) is 9.25. The van der Waals surface area contributed by atoms with E-state index in [1.54, 1.807) is 23.8 Å². The quantitative estimate of drug-likeness (QED) is 0.493. The highest BCUT2D eigenvalue weighted by Crippen LogP contribution is 2.45. The van der Waals surface area contributed by atoms with Gasteiger partial charge in [0.2, 0.25) is 11.8 Å². The number of aliphatic hydroxyl groups excluding tert-OH is 1. The molecule has 0 spiro atoms. The first kappa shape index (κ1) is 27.9. The van der Waals surface area contributed by atoms with Gasteiger partial charge in [0.05, 0.1) is 34.3 Å². The van der Waals surface area contributed by atoms with Gasteiger partial charge in [-0.25, -0.2) is 9.98 Å². The van der Waals surface area contributed by atoms with Gasteiger partial charge in [0.1, 0.15) is 17.3 Å². The average molecular weight is 563 g/mol. The van der Waals surface area contributed by atoms with E-state index in [2.05, 4.69) is 21.7 Å². The van der Waals surface area contributed by atoms with Crippen molar-refractivity contribution in [2.24, 2.45) is 15.8 Å². The van der Waals surface area contributed by atoms with E-state index in [0.29, 0.717) is 24.2 Å². The Morgan fingerprint density at radius 3 is 2.50 bits per heavy atom. The fourth-order valence-corrected chi connectivity index (χ4v) is 6.16. The number of hydrogen-bond donors (Lipinski definition) is 3. The second kappa shape index (κ2) is 9.78. The number of hydrogen-bond acceptors (Lipinski definition) is 8. The van der Waals surface area contributed by atoms with Crippen LogP contribution >= 0.6 is 11.3 Å². The molecule has 5 rings (SSSR count). The largest absolute Gasteiger partial charge is 0.391 e. The smallest absolute Gasteiger partial charge is 0.257 e. The minimum atomic E-state index is -1.21. The standard InChI is InChI=1S/C29H34N6O4S/c1-16-21(40-15-31-16)17-6-8-18(9-7-17)28(5)25(38)33-23(34-28)20-12-19(36)13-35(20)24(37)22(27(2,3)4)32-26(39)29(14-30)10-11-29/h6-9,15,19-20,22,36H,10-13H2,1-5H3,(H,32,39)(H,33,34,38)/t19-,20+,22-,28+/m1/s1. The van der Waals surface area contributed by atoms with Crippen LogP contribution in [-0.2, 0) is 19.9 Å². The van der Waals surface area contributed by atoms with Crippen LogP contribution in [0.25, 0.3) is 10.4 Å². The topological polar surface area (TPSA) is 148 Å². The molecule has 3 amide bonds. The van der Waals surface area contributed by atoms with Crippen LogP contribution < -0.4 is 10.6 Å². The van der Waals surface area contributed by atoms with Crippen LogP contribution in [0, 0.1) is 29.1 Å². The molecule has 3 aliphatic rings. The first-order valence-corrected chi connectivity index (χ1v) is 14.3. The third kappa shape index (κ3) is 4.80. The molecule has 1 saturated heterocycles. The molecule has 40 heavy (non-hydrogen) atoms. The Balaban J connectivity index is 1.41. The lowest BCUT2D eigenvalue weighted by molar-refractivity contribution is -0.140. The number of aliphatic imine (C=N–C) groups is 1. The lowest BCUT2D eigenvalue weighted by Crippen LogP contribution is -2.58. The van der Waals surface area contributed by atoms with Crippen LogP contribution in [0.15, 0.2) is 34.8 Å². The fraction of sp³-hybridized carbons (Fsp3) is 0.517. The maximum absolute atomic E-state index is 13.9. The van der Waals surface area contributed by atoms with Crippen molar-refractivity contribution in [2.45, 2.75) is 77.6 Å². The normalized spacial score (nSPS) is 26.1. The molecule has 4 atom stereocenters. The number of nitrogens with zero attached hydrogens (tertiary/aromatic N) is 4. The van der Waals surface area contributed by atoms with Crippen molar-refractivity contribution in [1.82, 2.24) is 20.5 Å². The number of nitriles is 1. The van der Waals surface area contributed by atoms with Crippen molar-refractivity contribution in [3.8, 4) is 16.5 Å². The molecule has 0 unspecified atom stereocenters. The third-order valence-electron chi connectivity index (χ3n) is 8.15. The number of likely N-dealkylation sites (tertiary alicyclic amines) is 1. The van der Waals surface area contributed by atoms with Crippen molar-refractivity contribution in [3.63, 3.8) is 0 Å². The molecule has 3 heterocycles. The fourth-order valence-electron chi connectivity index (χ4n) is 5.35. The van der Waals surface area contributed by atoms with Gasteiger partial charge in [-0.05, 0) is 43.2 Å². The minimum absolute atomic E-state index is 0.0455. The van der Waals surface area contributed by atoms with Crippen molar-refractivity contribution in [3.05, 3.63) is 41.0 Å². The molecule has 0 bridgehead atoms. The number of amidine groups is 1. The number of benzene rings is 1. The number of amides is 3. The minimum Gasteiger partial charge on any atom is -0.391 e. The monoisotopic (exact) mass is 562 g/mol. The number of rotatable bonds is 6. The number of thiazole rings is 1. The van der Waals surface area contributed by atoms with Gasteiger partial charge in [0.15, 0.2) is 5.54 Å². The number of aliphatic hydroxyl groups is 1. The van der Waals surface area contributed by atoms with Crippen LogP contribution in [-0.4, -0.2) is 63.3 Å². The first-order valence-electron chi connectivity index (χ1n) is 13.4. The van der Waals surface area contributed by atoms with Crippen LogP contribution in [0.1, 0.15) is 58.2 Å². The molecule has 1 aromatic heterocycles. The number of nitrogens with one attached hydrogen (secondary N) is 2. The van der Waals surface area contributed by atoms with E-state index >= 15 is 0 Å². The van der Waals surface area contributed by atoms with Crippen molar-refractivity contribution in [1.29, 1.82) is 5.26 Å². The van der Waals surface area contributed by atoms with Crippen molar-refractivity contribution < 1.29 is 19.5 Å². The third-order valence-corrected chi connectivity index (χ3v) is 9.12. The van der Waals surface area contributed by atoms with E-state index in [4.69, 9.17) is 4.99 Å². The van der Waals surface area contributed by atoms with Crippen LogP contribution in [0.3, 0.4) is 0 Å². The van der Waals surface area contributed by atoms with Gasteiger partial charge >= 0.3 is 0 Å². The van der Waals surface area contributed by atoms with E-state index in [1.165, 1.54) is 4.90 Å². The van der Waals surface area contributed by atoms with Gasteiger partial charge in [-0.2, -0.15) is 5.26 Å². The van der Waals surface area contributed by atoms with Crippen LogP contribution in [0.4, 0.5) is 0 Å². The molecule has 10 nitrogen and oxygen atoms in total. The highest BCUT2D eigenvalue weighted by atomic mass is 32.1. The summed E-state index contributed by atoms with van der Waals surface area (Å²) in [7, 11) is 0. The summed E-state index contributed by atoms with van der Waals surface area (Å²) in [5.41, 5.74) is 1.50. The molecule has 210 valence electrons. The molecule has 1 aromatic carbocycles. The van der Waals surface area contributed by atoms with Crippen LogP contribution in [0.2, 0.25) is 0 Å². The molecular formula is C29H34N6O4S. The van der Waals surface area contributed by atoms with Gasteiger partial charge in [-0.1, -0.05) is 45.0 Å². The highest BCUT2D eigenvalue weighted by Gasteiger charge is 2.53. The molecule has 1 saturated carbocycles. The second-order valence-corrected chi connectivity index (χ2v) is 13.1. The molecule has 2 aliphatic heterocycles. The zero-order valence-corrected chi connectivity index (χ0v) is 24.1. The summed E-state index contributed by atoms with van der Waals surface area (Å²) in [6.07, 6.45) is 0.333. The van der Waals surface area contributed by atoms with E-state index in [1.807, 2.05) is 52.0 Å². The summed E-state index contributed by atoms with van der Waals surface area (Å²) >= 11 is 1.55. The van der Waals surface area contributed by atoms with Gasteiger partial charge in [-0.3, -0.25) is 14.4 Å². The van der Waals surface area contributed by atoms with Gasteiger partial charge in [-0.15, -0.1) is 11.3 Å². The van der Waals surface area contributed by atoms with E-state index < -0.39 is 40.5 Å². The lowest BCUT2D eigenvalue weighted by atomic mass is 9.85. The Morgan fingerprint density at radius 1 is 1.27 bits per heavy atom. The Labute approximate surface area is 237 Å². The molecule has 1 aliphatic carbocycles. The first-order chi connectivity index (χ1) is 18.8. The molecule has 0 radical (unpaired) electrons. The summed E-state index contributed by atoms with van der Waals surface area (Å²) in [5, 5.41) is 25.7. The number of carbonyl (C=O) groups is 3. The lowest BCUT2D eigenvalue weighted by Gasteiger charge is -2.36. The van der Waals surface area contributed by atoms with Crippen molar-refractivity contribution >= 4 is 34.9 Å². The molecular weight excluding hydrogens is 528 g/mol. The Hall–Kier alpha value is -3.62. The molecule has 2 aromatic rings. The Morgan fingerprint density at radius 2 is 1.95 bits per heavy atom. The van der Waals surface area contributed by atoms with E-state index in [0.717, 1.165) is 16.1 Å². The second-order valence-electron chi connectivity index (χ2n) is 12.2. The van der Waals surface area contributed by atoms with E-state index in [9.17, 15) is 24.8 Å². The predicted molar refractivity (Wildman–Crippen MR) is 150 cm³/mol. The Bertz CT molecular complexity index is 1430. The summed E-state index contributed by atoms with van der Waals surface area (Å²) in [6, 6.07) is 8.13. The number of β-amino-alcohol motifs (C(OH)–C–C–N with tert-alkyl or cyclic N) is 1. The zero-order valence-electron chi connectivity index (χ0n) is 23.3. The highest BCUT2D eigenvalue weighted by molar-refractivity contribution is 7.13.